The normalized spacial score (nSPS) is 20.9. The lowest BCUT2D eigenvalue weighted by molar-refractivity contribution is 0.541. The van der Waals surface area contributed by atoms with Crippen molar-refractivity contribution in [1.29, 1.82) is 0 Å². The number of sulfonamides is 1. The summed E-state index contributed by atoms with van der Waals surface area (Å²) in [5.74, 6) is 2.35. The van der Waals surface area contributed by atoms with Crippen LogP contribution in [0.25, 0.3) is 0 Å². The molecule has 1 aliphatic rings. The Labute approximate surface area is 103 Å². The summed E-state index contributed by atoms with van der Waals surface area (Å²) in [4.78, 5) is 0. The van der Waals surface area contributed by atoms with Crippen molar-refractivity contribution < 1.29 is 16.8 Å². The number of hydrogen-bond acceptors (Lipinski definition) is 4. The maximum Gasteiger partial charge on any atom is 0.214 e. The first kappa shape index (κ1) is 14.5. The Morgan fingerprint density at radius 3 is 2.41 bits per heavy atom. The molecule has 98 valence electrons. The molecule has 0 unspecified atom stereocenters. The average molecular weight is 279 g/mol. The molecule has 0 aromatic carbocycles. The first-order valence-corrected chi connectivity index (χ1v) is 8.86. The van der Waals surface area contributed by atoms with Crippen LogP contribution in [-0.4, -0.2) is 40.1 Å². The first-order chi connectivity index (χ1) is 7.87. The van der Waals surface area contributed by atoms with Gasteiger partial charge in [0.2, 0.25) is 10.0 Å². The molecule has 1 rings (SSSR count). The second-order valence-corrected chi connectivity index (χ2v) is 8.45. The van der Waals surface area contributed by atoms with Crippen LogP contribution in [0.3, 0.4) is 0 Å². The van der Waals surface area contributed by atoms with Crippen LogP contribution in [0.15, 0.2) is 0 Å². The lowest BCUT2D eigenvalue weighted by Gasteiger charge is -2.22. The predicted molar refractivity (Wildman–Crippen MR) is 66.7 cm³/mol. The van der Waals surface area contributed by atoms with Gasteiger partial charge in [0.05, 0.1) is 16.8 Å². The fraction of sp³-hybridized carbons (Fsp3) is 0.800. The summed E-state index contributed by atoms with van der Waals surface area (Å²) in [6, 6.07) is 0. The highest BCUT2D eigenvalue weighted by Crippen LogP contribution is 2.18. The summed E-state index contributed by atoms with van der Waals surface area (Å²) < 4.78 is 48.4. The van der Waals surface area contributed by atoms with Gasteiger partial charge in [-0.05, 0) is 19.3 Å². The second-order valence-electron chi connectivity index (χ2n) is 4.10. The first-order valence-electron chi connectivity index (χ1n) is 5.50. The van der Waals surface area contributed by atoms with Crippen molar-refractivity contribution in [3.63, 3.8) is 0 Å². The van der Waals surface area contributed by atoms with Crippen LogP contribution in [-0.2, 0) is 19.9 Å². The molecular weight excluding hydrogens is 262 g/mol. The van der Waals surface area contributed by atoms with Gasteiger partial charge >= 0.3 is 0 Å². The summed E-state index contributed by atoms with van der Waals surface area (Å²) >= 11 is 0. The maximum absolute atomic E-state index is 11.8. The summed E-state index contributed by atoms with van der Waals surface area (Å²) in [5.41, 5.74) is 0. The molecule has 1 heterocycles. The van der Waals surface area contributed by atoms with Crippen LogP contribution in [0.2, 0.25) is 0 Å². The third-order valence-electron chi connectivity index (χ3n) is 2.74. The minimum Gasteiger partial charge on any atom is -0.229 e. The van der Waals surface area contributed by atoms with Gasteiger partial charge in [0.1, 0.15) is 9.84 Å². The minimum absolute atomic E-state index is 0.0388. The van der Waals surface area contributed by atoms with E-state index in [-0.39, 0.29) is 24.3 Å². The van der Waals surface area contributed by atoms with Crippen LogP contribution < -0.4 is 4.72 Å². The van der Waals surface area contributed by atoms with E-state index in [4.69, 9.17) is 6.42 Å². The van der Waals surface area contributed by atoms with Gasteiger partial charge in [-0.25, -0.2) is 21.6 Å². The summed E-state index contributed by atoms with van der Waals surface area (Å²) in [6.07, 6.45) is 6.56. The molecular formula is C10H17NO4S2. The van der Waals surface area contributed by atoms with Crippen molar-refractivity contribution in [2.75, 3.05) is 18.1 Å². The number of hydrogen-bond donors (Lipinski definition) is 1. The molecule has 0 atom stereocenters. The zero-order valence-electron chi connectivity index (χ0n) is 9.55. The molecule has 1 N–H and O–H groups in total. The largest absolute Gasteiger partial charge is 0.229 e. The summed E-state index contributed by atoms with van der Waals surface area (Å²) in [5, 5.41) is -0.586. The molecule has 0 radical (unpaired) electrons. The zero-order chi connectivity index (χ0) is 12.9. The van der Waals surface area contributed by atoms with E-state index < -0.39 is 25.1 Å². The lowest BCUT2D eigenvalue weighted by Crippen LogP contribution is -2.40. The van der Waals surface area contributed by atoms with Gasteiger partial charge in [-0.1, -0.05) is 0 Å². The molecule has 0 bridgehead atoms. The van der Waals surface area contributed by atoms with Crippen LogP contribution in [0, 0.1) is 12.3 Å². The van der Waals surface area contributed by atoms with Gasteiger partial charge in [0.15, 0.2) is 0 Å². The van der Waals surface area contributed by atoms with Gasteiger partial charge in [0.25, 0.3) is 0 Å². The monoisotopic (exact) mass is 279 g/mol. The van der Waals surface area contributed by atoms with E-state index in [0.717, 1.165) is 0 Å². The fourth-order valence-electron chi connectivity index (χ4n) is 1.70. The Morgan fingerprint density at radius 1 is 1.29 bits per heavy atom. The molecule has 0 aliphatic carbocycles. The lowest BCUT2D eigenvalue weighted by atomic mass is 10.2. The van der Waals surface area contributed by atoms with Crippen molar-refractivity contribution >= 4 is 19.9 Å². The smallest absolute Gasteiger partial charge is 0.214 e. The molecule has 0 aromatic rings. The van der Waals surface area contributed by atoms with Crippen molar-refractivity contribution in [3.8, 4) is 12.3 Å². The molecule has 0 amide bonds. The molecule has 0 aromatic heterocycles. The van der Waals surface area contributed by atoms with E-state index in [1.807, 2.05) is 0 Å². The van der Waals surface area contributed by atoms with Gasteiger partial charge in [-0.15, -0.1) is 12.3 Å². The van der Waals surface area contributed by atoms with Crippen molar-refractivity contribution in [1.82, 2.24) is 4.72 Å². The number of sulfone groups is 1. The van der Waals surface area contributed by atoms with Crippen molar-refractivity contribution in [3.05, 3.63) is 0 Å². The molecule has 0 spiro atoms. The Kier molecular flexibility index (Phi) is 4.98. The topological polar surface area (TPSA) is 80.3 Å². The van der Waals surface area contributed by atoms with Crippen LogP contribution in [0.5, 0.6) is 0 Å². The van der Waals surface area contributed by atoms with E-state index in [1.54, 1.807) is 0 Å². The number of terminal acetylenes is 1. The van der Waals surface area contributed by atoms with Gasteiger partial charge < -0.3 is 0 Å². The van der Waals surface area contributed by atoms with Gasteiger partial charge in [-0.3, -0.25) is 0 Å². The fourth-order valence-corrected chi connectivity index (χ4v) is 5.01. The molecule has 1 aliphatic heterocycles. The zero-order valence-corrected chi connectivity index (χ0v) is 11.2. The molecule has 5 nitrogen and oxygen atoms in total. The predicted octanol–water partition coefficient (Wildman–Crippen LogP) is -0.104. The SMILES string of the molecule is C#CCCCNS(=O)(=O)C1CCS(=O)(=O)CC1. The molecule has 0 saturated carbocycles. The van der Waals surface area contributed by atoms with E-state index in [1.165, 1.54) is 0 Å². The number of unbranched alkanes of at least 4 members (excludes halogenated alkanes) is 1. The van der Waals surface area contributed by atoms with E-state index >= 15 is 0 Å². The van der Waals surface area contributed by atoms with E-state index in [0.29, 0.717) is 19.4 Å². The Morgan fingerprint density at radius 2 is 1.88 bits per heavy atom. The quantitative estimate of drug-likeness (QED) is 0.563. The van der Waals surface area contributed by atoms with Crippen LogP contribution in [0.4, 0.5) is 0 Å². The van der Waals surface area contributed by atoms with Gasteiger partial charge in [0, 0.05) is 13.0 Å². The van der Waals surface area contributed by atoms with E-state index in [9.17, 15) is 16.8 Å². The molecule has 17 heavy (non-hydrogen) atoms. The third kappa shape index (κ3) is 4.66. The Bertz CT molecular complexity index is 473. The highest BCUT2D eigenvalue weighted by atomic mass is 32.2. The maximum atomic E-state index is 11.8. The van der Waals surface area contributed by atoms with Gasteiger partial charge in [-0.2, -0.15) is 0 Å². The van der Waals surface area contributed by atoms with Crippen LogP contribution in [0.1, 0.15) is 25.7 Å². The summed E-state index contributed by atoms with van der Waals surface area (Å²) in [7, 11) is -6.42. The van der Waals surface area contributed by atoms with Crippen molar-refractivity contribution in [2.24, 2.45) is 0 Å². The second kappa shape index (κ2) is 5.85. The number of nitrogens with one attached hydrogen (secondary N) is 1. The standard InChI is InChI=1S/C10H17NO4S2/c1-2-3-4-7-11-17(14,15)10-5-8-16(12,13)9-6-10/h1,10-11H,3-9H2. The molecule has 1 saturated heterocycles. The van der Waals surface area contributed by atoms with Crippen LogP contribution >= 0.6 is 0 Å². The minimum atomic E-state index is -3.40. The number of rotatable bonds is 5. The third-order valence-corrected chi connectivity index (χ3v) is 6.41. The highest BCUT2D eigenvalue weighted by molar-refractivity contribution is 7.92. The van der Waals surface area contributed by atoms with E-state index in [2.05, 4.69) is 10.6 Å². The Hall–Kier alpha value is -0.580. The Balaban J connectivity index is 2.47. The average Bonchev–Trinajstić information content (AvgIpc) is 2.24. The highest BCUT2D eigenvalue weighted by Gasteiger charge is 2.32. The summed E-state index contributed by atoms with van der Waals surface area (Å²) in [6.45, 7) is 0.315. The molecule has 1 fully saturated rings. The van der Waals surface area contributed by atoms with Crippen molar-refractivity contribution in [2.45, 2.75) is 30.9 Å². The molecule has 7 heteroatoms.